The SMILES string of the molecule is CC[C@H](C)[C@@H]([C@@H](CC(=O)N1CCC[C@H]1[C@H](OC)[C@@H](C)C(=O)N[C@@H](Cc1ccccc1)c1nccs1)OC)N(C)C(=O)[C@@H](NC(=O)C1(NC(=O)CCOCCOCCOCCOCCOCCOCCN2C(=O)C=CC2=O)CCCC1)C(C)C. The van der Waals surface area contributed by atoms with E-state index in [0.717, 1.165) is 34.7 Å². The molecule has 1 aromatic heterocycles. The van der Waals surface area contributed by atoms with Gasteiger partial charge in [0.15, 0.2) is 0 Å². The van der Waals surface area contributed by atoms with Gasteiger partial charge < -0.3 is 63.6 Å². The molecule has 1 saturated heterocycles. The van der Waals surface area contributed by atoms with Gasteiger partial charge in [-0.2, -0.15) is 0 Å². The van der Waals surface area contributed by atoms with Crippen molar-refractivity contribution in [2.45, 2.75) is 141 Å². The summed E-state index contributed by atoms with van der Waals surface area (Å²) in [6.45, 7) is 14.2. The second-order valence-corrected chi connectivity index (χ2v) is 22.8. The smallest absolute Gasteiger partial charge is 0.253 e. The minimum absolute atomic E-state index is 0.0209. The van der Waals surface area contributed by atoms with Crippen molar-refractivity contribution in [3.8, 4) is 0 Å². The van der Waals surface area contributed by atoms with Gasteiger partial charge in [-0.1, -0.05) is 84.2 Å². The molecule has 0 spiro atoms. The van der Waals surface area contributed by atoms with Crippen molar-refractivity contribution in [1.82, 2.24) is 35.6 Å². The summed E-state index contributed by atoms with van der Waals surface area (Å²) in [5.41, 5.74) is -0.116. The monoisotopic (exact) mass is 1180 g/mol. The lowest BCUT2D eigenvalue weighted by atomic mass is 9.89. The van der Waals surface area contributed by atoms with Crippen LogP contribution in [0.3, 0.4) is 0 Å². The minimum atomic E-state index is -1.19. The maximum absolute atomic E-state index is 14.7. The van der Waals surface area contributed by atoms with Crippen molar-refractivity contribution in [2.24, 2.45) is 17.8 Å². The number of nitrogens with one attached hydrogen (secondary N) is 3. The Kier molecular flexibility index (Phi) is 30.2. The van der Waals surface area contributed by atoms with E-state index in [9.17, 15) is 33.6 Å². The number of rotatable bonds is 41. The molecule has 83 heavy (non-hydrogen) atoms. The van der Waals surface area contributed by atoms with Gasteiger partial charge >= 0.3 is 0 Å². The highest BCUT2D eigenvalue weighted by Crippen LogP contribution is 2.33. The molecule has 464 valence electrons. The number of nitrogens with zero attached hydrogens (tertiary/aromatic N) is 4. The molecular formula is C60H93N7O15S. The lowest BCUT2D eigenvalue weighted by Gasteiger charge is -2.41. The number of carbonyl (C=O) groups is 7. The summed E-state index contributed by atoms with van der Waals surface area (Å²) in [7, 11) is 4.83. The van der Waals surface area contributed by atoms with Gasteiger partial charge in [0.2, 0.25) is 29.5 Å². The number of benzene rings is 1. The first kappa shape index (κ1) is 68.5. The fourth-order valence-electron chi connectivity index (χ4n) is 11.0. The lowest BCUT2D eigenvalue weighted by molar-refractivity contribution is -0.148. The average Bonchev–Trinajstić information content (AvgIpc) is 4.39. The Balaban J connectivity index is 1.02. The molecule has 2 fully saturated rings. The molecular weight excluding hydrogens is 1090 g/mol. The van der Waals surface area contributed by atoms with Crippen LogP contribution in [0.4, 0.5) is 0 Å². The van der Waals surface area contributed by atoms with Gasteiger partial charge in [0.25, 0.3) is 11.8 Å². The molecule has 1 aliphatic carbocycles. The van der Waals surface area contributed by atoms with Crippen molar-refractivity contribution >= 4 is 52.7 Å². The molecule has 23 heteroatoms. The first-order valence-corrected chi connectivity index (χ1v) is 30.4. The van der Waals surface area contributed by atoms with E-state index in [1.165, 1.54) is 23.5 Å². The van der Waals surface area contributed by atoms with Gasteiger partial charge in [0.1, 0.15) is 16.6 Å². The first-order valence-electron chi connectivity index (χ1n) is 29.5. The van der Waals surface area contributed by atoms with E-state index < -0.39 is 41.7 Å². The molecule has 2 aromatic rings. The Hall–Kier alpha value is -5.24. The van der Waals surface area contributed by atoms with E-state index in [0.29, 0.717) is 98.1 Å². The third-order valence-corrected chi connectivity index (χ3v) is 16.7. The number of imide groups is 1. The molecule has 0 bridgehead atoms. The topological polar surface area (TPSA) is 252 Å². The normalized spacial score (nSPS) is 18.4. The largest absolute Gasteiger partial charge is 0.379 e. The van der Waals surface area contributed by atoms with E-state index in [1.54, 1.807) is 32.4 Å². The number of ether oxygens (including phenoxy) is 8. The fraction of sp³-hybridized carbons (Fsp3) is 0.700. The third kappa shape index (κ3) is 21.3. The molecule has 5 rings (SSSR count). The Bertz CT molecular complexity index is 2310. The Labute approximate surface area is 494 Å². The lowest BCUT2D eigenvalue weighted by Crippen LogP contribution is -2.63. The van der Waals surface area contributed by atoms with Gasteiger partial charge in [-0.25, -0.2) is 4.98 Å². The number of aromatic nitrogens is 1. The average molecular weight is 1180 g/mol. The van der Waals surface area contributed by atoms with E-state index in [1.807, 2.05) is 75.2 Å². The second kappa shape index (κ2) is 36.6. The number of thiazole rings is 1. The molecule has 2 aliphatic heterocycles. The summed E-state index contributed by atoms with van der Waals surface area (Å²) in [5.74, 6) is -3.11. The zero-order valence-electron chi connectivity index (χ0n) is 50.2. The molecule has 3 aliphatic rings. The van der Waals surface area contributed by atoms with Crippen LogP contribution in [-0.2, 0) is 77.9 Å². The molecule has 3 heterocycles. The predicted molar refractivity (Wildman–Crippen MR) is 311 cm³/mol. The number of hydrogen-bond acceptors (Lipinski definition) is 17. The van der Waals surface area contributed by atoms with Gasteiger partial charge in [0, 0.05) is 58.0 Å². The summed E-state index contributed by atoms with van der Waals surface area (Å²) in [5, 5.41) is 12.0. The number of likely N-dealkylation sites (N-methyl/N-ethyl adjacent to an activating group) is 1. The van der Waals surface area contributed by atoms with Crippen LogP contribution in [0.2, 0.25) is 0 Å². The van der Waals surface area contributed by atoms with Crippen LogP contribution >= 0.6 is 11.3 Å². The van der Waals surface area contributed by atoms with E-state index in [4.69, 9.17) is 37.9 Å². The van der Waals surface area contributed by atoms with Crippen molar-refractivity contribution in [2.75, 3.05) is 114 Å². The third-order valence-electron chi connectivity index (χ3n) is 15.8. The van der Waals surface area contributed by atoms with Crippen molar-refractivity contribution in [3.05, 3.63) is 64.6 Å². The number of methoxy groups -OCH3 is 2. The second-order valence-electron chi connectivity index (χ2n) is 21.8. The highest BCUT2D eigenvalue weighted by Gasteiger charge is 2.46. The van der Waals surface area contributed by atoms with E-state index >= 15 is 0 Å². The minimum Gasteiger partial charge on any atom is -0.379 e. The molecule has 1 saturated carbocycles. The Morgan fingerprint density at radius 2 is 1.35 bits per heavy atom. The number of likely N-dealkylation sites (tertiary alicyclic amines) is 1. The van der Waals surface area contributed by atoms with E-state index in [-0.39, 0.29) is 98.6 Å². The zero-order valence-corrected chi connectivity index (χ0v) is 51.0. The van der Waals surface area contributed by atoms with Crippen LogP contribution in [0.25, 0.3) is 0 Å². The molecule has 7 amide bonds. The van der Waals surface area contributed by atoms with E-state index in [2.05, 4.69) is 20.9 Å². The highest BCUT2D eigenvalue weighted by molar-refractivity contribution is 7.09. The summed E-state index contributed by atoms with van der Waals surface area (Å²) < 4.78 is 45.4. The van der Waals surface area contributed by atoms with Crippen LogP contribution in [0, 0.1) is 17.8 Å². The molecule has 0 radical (unpaired) electrons. The summed E-state index contributed by atoms with van der Waals surface area (Å²) in [4.78, 5) is 103. The molecule has 22 nitrogen and oxygen atoms in total. The van der Waals surface area contributed by atoms with Crippen LogP contribution in [0.15, 0.2) is 54.1 Å². The number of amides is 7. The van der Waals surface area contributed by atoms with Crippen LogP contribution < -0.4 is 16.0 Å². The summed E-state index contributed by atoms with van der Waals surface area (Å²) in [6.07, 6.45) is 7.90. The molecule has 0 unspecified atom stereocenters. The maximum atomic E-state index is 14.7. The molecule has 3 N–H and O–H groups in total. The molecule has 1 aromatic carbocycles. The van der Waals surface area contributed by atoms with Crippen molar-refractivity contribution in [1.29, 1.82) is 0 Å². The quantitative estimate of drug-likeness (QED) is 0.0615. The maximum Gasteiger partial charge on any atom is 0.253 e. The van der Waals surface area contributed by atoms with Gasteiger partial charge in [-0.15, -0.1) is 11.3 Å². The standard InChI is InChI=1S/C60H93N7O15S/c1-9-43(4)54(48(75-7)41-52(71)66-25-15-18-47(66)55(76-8)44(5)56(72)62-46(57-61-24-39-83-57)40-45-16-11-10-12-17-45)65(6)58(73)53(42(2)3)63-59(74)60(22-13-14-23-60)64-49(68)21-27-77-29-31-79-33-35-81-37-38-82-36-34-80-32-30-78-28-26-67-50(69)19-20-51(67)70/h10-12,16-17,19-20,24,39,42-44,46-48,53-55H,9,13-15,18,21-23,25-38,40-41H2,1-8H3,(H,62,72)(H,63,74)(H,64,68)/t43-,44+,46-,47-,48+,53-,54-,55+/m0/s1. The Morgan fingerprint density at radius 3 is 1.88 bits per heavy atom. The highest BCUT2D eigenvalue weighted by atomic mass is 32.1. The summed E-state index contributed by atoms with van der Waals surface area (Å²) in [6, 6.07) is 7.76. The van der Waals surface area contributed by atoms with Crippen molar-refractivity contribution < 1.29 is 71.5 Å². The fourth-order valence-corrected chi connectivity index (χ4v) is 11.7. The Morgan fingerprint density at radius 1 is 0.771 bits per heavy atom. The predicted octanol–water partition coefficient (Wildman–Crippen LogP) is 4.45. The van der Waals surface area contributed by atoms with Gasteiger partial charge in [0.05, 0.1) is 128 Å². The zero-order chi connectivity index (χ0) is 60.2. The molecule has 8 atom stereocenters. The first-order chi connectivity index (χ1) is 40.0. The van der Waals surface area contributed by atoms with Crippen LogP contribution in [-0.4, -0.2) is 211 Å². The number of hydrogen-bond donors (Lipinski definition) is 3. The van der Waals surface area contributed by atoms with Crippen LogP contribution in [0.1, 0.15) is 109 Å². The van der Waals surface area contributed by atoms with Gasteiger partial charge in [-0.05, 0) is 49.5 Å². The summed E-state index contributed by atoms with van der Waals surface area (Å²) >= 11 is 1.49. The van der Waals surface area contributed by atoms with Crippen molar-refractivity contribution in [3.63, 3.8) is 0 Å². The number of carbonyl (C=O) groups excluding carboxylic acids is 7. The van der Waals surface area contributed by atoms with Gasteiger partial charge in [-0.3, -0.25) is 38.5 Å². The van der Waals surface area contributed by atoms with Crippen LogP contribution in [0.5, 0.6) is 0 Å².